The molecule has 1 N–H and O–H groups in total. The van der Waals surface area contributed by atoms with Crippen molar-refractivity contribution in [3.8, 4) is 0 Å². The van der Waals surface area contributed by atoms with Gasteiger partial charge < -0.3 is 5.32 Å². The van der Waals surface area contributed by atoms with Crippen LogP contribution in [-0.4, -0.2) is 37.5 Å². The van der Waals surface area contributed by atoms with Crippen LogP contribution in [0.15, 0.2) is 48.5 Å². The predicted octanol–water partition coefficient (Wildman–Crippen LogP) is 3.92. The smallest absolute Gasteiger partial charge is 0.228 e. The third-order valence-corrected chi connectivity index (χ3v) is 7.56. The van der Waals surface area contributed by atoms with Crippen molar-refractivity contribution in [2.45, 2.75) is 39.5 Å². The number of nitrogens with one attached hydrogen (secondary N) is 1. The molecule has 1 heterocycles. The van der Waals surface area contributed by atoms with Crippen LogP contribution in [0.1, 0.15) is 36.0 Å². The molecule has 0 aromatic heterocycles. The maximum Gasteiger partial charge on any atom is 0.228 e. The molecule has 1 saturated heterocycles. The number of hydrogen-bond donors (Lipinski definition) is 1. The standard InChI is InChI=1S/C23H30N2O3S/c1-18-12-13-22(16-19(18)2)24-23(26)21-11-6-14-25(17-21)29(27,28)15-7-10-20-8-4-3-5-9-20/h3-5,8-9,12-13,16,21H,6-7,10-11,14-15,17H2,1-2H3,(H,24,26)/t21-/m0/s1. The highest BCUT2D eigenvalue weighted by atomic mass is 32.2. The number of benzene rings is 2. The molecule has 0 unspecified atom stereocenters. The highest BCUT2D eigenvalue weighted by Gasteiger charge is 2.32. The second kappa shape index (κ2) is 9.55. The van der Waals surface area contributed by atoms with Gasteiger partial charge in [0.25, 0.3) is 0 Å². The molecule has 0 radical (unpaired) electrons. The summed E-state index contributed by atoms with van der Waals surface area (Å²) in [4.78, 5) is 12.7. The Kier molecular flexibility index (Phi) is 7.09. The molecule has 156 valence electrons. The number of piperidine rings is 1. The summed E-state index contributed by atoms with van der Waals surface area (Å²) >= 11 is 0. The van der Waals surface area contributed by atoms with Crippen molar-refractivity contribution in [1.82, 2.24) is 4.31 Å². The fourth-order valence-electron chi connectivity index (χ4n) is 3.71. The Morgan fingerprint density at radius 1 is 1.10 bits per heavy atom. The number of rotatable bonds is 7. The Morgan fingerprint density at radius 2 is 1.86 bits per heavy atom. The van der Waals surface area contributed by atoms with Gasteiger partial charge in [-0.3, -0.25) is 4.79 Å². The van der Waals surface area contributed by atoms with Crippen LogP contribution in [-0.2, 0) is 21.2 Å². The molecular formula is C23H30N2O3S. The quantitative estimate of drug-likeness (QED) is 0.747. The number of sulfonamides is 1. The number of amides is 1. The molecule has 6 heteroatoms. The van der Waals surface area contributed by atoms with Crippen molar-refractivity contribution in [1.29, 1.82) is 0 Å². The van der Waals surface area contributed by atoms with Crippen molar-refractivity contribution in [3.63, 3.8) is 0 Å². The first-order valence-corrected chi connectivity index (χ1v) is 11.9. The van der Waals surface area contributed by atoms with Gasteiger partial charge >= 0.3 is 0 Å². The summed E-state index contributed by atoms with van der Waals surface area (Å²) in [5, 5.41) is 2.96. The van der Waals surface area contributed by atoms with E-state index in [-0.39, 0.29) is 24.1 Å². The van der Waals surface area contributed by atoms with Crippen LogP contribution in [0.4, 0.5) is 5.69 Å². The molecule has 1 aliphatic rings. The fourth-order valence-corrected chi connectivity index (χ4v) is 5.29. The van der Waals surface area contributed by atoms with Crippen molar-refractivity contribution in [3.05, 3.63) is 65.2 Å². The van der Waals surface area contributed by atoms with Gasteiger partial charge in [0.15, 0.2) is 0 Å². The Labute approximate surface area is 174 Å². The third-order valence-electron chi connectivity index (χ3n) is 5.63. The first-order valence-electron chi connectivity index (χ1n) is 10.2. The van der Waals surface area contributed by atoms with Gasteiger partial charge in [0.1, 0.15) is 0 Å². The van der Waals surface area contributed by atoms with E-state index in [1.807, 2.05) is 62.4 Å². The minimum absolute atomic E-state index is 0.0996. The molecule has 1 amide bonds. The lowest BCUT2D eigenvalue weighted by Crippen LogP contribution is -2.44. The van der Waals surface area contributed by atoms with Crippen LogP contribution in [0.5, 0.6) is 0 Å². The molecule has 1 aliphatic heterocycles. The SMILES string of the molecule is Cc1ccc(NC(=O)[C@H]2CCCN(S(=O)(=O)CCCc3ccccc3)C2)cc1C. The molecule has 0 spiro atoms. The van der Waals surface area contributed by atoms with Gasteiger partial charge in [0.2, 0.25) is 15.9 Å². The van der Waals surface area contributed by atoms with Gasteiger partial charge in [0.05, 0.1) is 11.7 Å². The summed E-state index contributed by atoms with van der Waals surface area (Å²) in [7, 11) is -3.35. The van der Waals surface area contributed by atoms with Gasteiger partial charge in [-0.15, -0.1) is 0 Å². The van der Waals surface area contributed by atoms with Crippen LogP contribution in [0.25, 0.3) is 0 Å². The van der Waals surface area contributed by atoms with E-state index in [2.05, 4.69) is 5.32 Å². The average molecular weight is 415 g/mol. The Bertz CT molecular complexity index is 942. The molecular weight excluding hydrogens is 384 g/mol. The summed E-state index contributed by atoms with van der Waals surface area (Å²) in [5.74, 6) is -0.292. The number of carbonyl (C=O) groups excluding carboxylic acids is 1. The maximum atomic E-state index is 12.8. The van der Waals surface area contributed by atoms with Gasteiger partial charge in [-0.25, -0.2) is 12.7 Å². The van der Waals surface area contributed by atoms with Crippen molar-refractivity contribution in [2.75, 3.05) is 24.2 Å². The lowest BCUT2D eigenvalue weighted by molar-refractivity contribution is -0.120. The number of aryl methyl sites for hydroxylation is 3. The van der Waals surface area contributed by atoms with E-state index in [1.165, 1.54) is 9.87 Å². The van der Waals surface area contributed by atoms with E-state index in [9.17, 15) is 13.2 Å². The van der Waals surface area contributed by atoms with E-state index in [4.69, 9.17) is 0 Å². The van der Waals surface area contributed by atoms with E-state index >= 15 is 0 Å². The summed E-state index contributed by atoms with van der Waals surface area (Å²) in [5.41, 5.74) is 4.20. The van der Waals surface area contributed by atoms with Crippen LogP contribution in [0.2, 0.25) is 0 Å². The van der Waals surface area contributed by atoms with Crippen LogP contribution in [0, 0.1) is 19.8 Å². The molecule has 3 rings (SSSR count). The van der Waals surface area contributed by atoms with Crippen LogP contribution in [0.3, 0.4) is 0 Å². The summed E-state index contributed by atoms with van der Waals surface area (Å²) < 4.78 is 27.1. The molecule has 5 nitrogen and oxygen atoms in total. The lowest BCUT2D eigenvalue weighted by Gasteiger charge is -2.31. The van der Waals surface area contributed by atoms with E-state index in [0.717, 1.165) is 23.2 Å². The Morgan fingerprint density at radius 3 is 2.59 bits per heavy atom. The molecule has 2 aromatic rings. The molecule has 1 atom stereocenters. The minimum Gasteiger partial charge on any atom is -0.326 e. The zero-order chi connectivity index (χ0) is 20.9. The predicted molar refractivity (Wildman–Crippen MR) is 117 cm³/mol. The normalized spacial score (nSPS) is 17.8. The van der Waals surface area contributed by atoms with E-state index in [0.29, 0.717) is 25.8 Å². The molecule has 29 heavy (non-hydrogen) atoms. The fraction of sp³-hybridized carbons (Fsp3) is 0.435. The second-order valence-corrected chi connectivity index (χ2v) is 9.98. The highest BCUT2D eigenvalue weighted by Crippen LogP contribution is 2.22. The first-order chi connectivity index (χ1) is 13.8. The van der Waals surface area contributed by atoms with Crippen molar-refractivity contribution in [2.24, 2.45) is 5.92 Å². The molecule has 0 aliphatic carbocycles. The topological polar surface area (TPSA) is 66.5 Å². The highest BCUT2D eigenvalue weighted by molar-refractivity contribution is 7.89. The zero-order valence-electron chi connectivity index (χ0n) is 17.2. The summed E-state index contributed by atoms with van der Waals surface area (Å²) in [6.45, 7) is 4.81. The zero-order valence-corrected chi connectivity index (χ0v) is 18.0. The van der Waals surface area contributed by atoms with Crippen molar-refractivity contribution >= 4 is 21.6 Å². The largest absolute Gasteiger partial charge is 0.326 e. The van der Waals surface area contributed by atoms with Gasteiger partial charge in [-0.05, 0) is 68.4 Å². The van der Waals surface area contributed by atoms with Gasteiger partial charge in [-0.1, -0.05) is 36.4 Å². The number of anilines is 1. The van der Waals surface area contributed by atoms with Crippen LogP contribution < -0.4 is 5.32 Å². The second-order valence-electron chi connectivity index (χ2n) is 7.89. The van der Waals surface area contributed by atoms with E-state index < -0.39 is 10.0 Å². The summed E-state index contributed by atoms with van der Waals surface area (Å²) in [6, 6.07) is 15.7. The first kappa shape index (κ1) is 21.5. The van der Waals surface area contributed by atoms with Gasteiger partial charge in [-0.2, -0.15) is 0 Å². The summed E-state index contributed by atoms with van der Waals surface area (Å²) in [6.07, 6.45) is 2.75. The maximum absolute atomic E-state index is 12.8. The molecule has 0 saturated carbocycles. The Balaban J connectivity index is 1.55. The molecule has 1 fully saturated rings. The van der Waals surface area contributed by atoms with Crippen LogP contribution >= 0.6 is 0 Å². The minimum atomic E-state index is -3.35. The van der Waals surface area contributed by atoms with Gasteiger partial charge in [0, 0.05) is 18.8 Å². The Hall–Kier alpha value is -2.18. The lowest BCUT2D eigenvalue weighted by atomic mass is 9.98. The third kappa shape index (κ3) is 5.90. The number of hydrogen-bond acceptors (Lipinski definition) is 3. The monoisotopic (exact) mass is 414 g/mol. The molecule has 0 bridgehead atoms. The molecule has 2 aromatic carbocycles. The number of carbonyl (C=O) groups is 1. The van der Waals surface area contributed by atoms with E-state index in [1.54, 1.807) is 0 Å². The van der Waals surface area contributed by atoms with Crippen molar-refractivity contribution < 1.29 is 13.2 Å². The average Bonchev–Trinajstić information content (AvgIpc) is 2.71. The number of nitrogens with zero attached hydrogens (tertiary/aromatic N) is 1.